The average Bonchev–Trinajstić information content (AvgIpc) is 2.85. The number of carbonyl (C=O) groups excluding carboxylic acids is 2. The van der Waals surface area contributed by atoms with E-state index >= 15 is 0 Å². The number of sulfonamides is 1. The number of hydrogen-bond donors (Lipinski definition) is 1. The maximum atomic E-state index is 13.9. The van der Waals surface area contributed by atoms with Crippen molar-refractivity contribution in [2.75, 3.05) is 10.8 Å². The van der Waals surface area contributed by atoms with E-state index in [4.69, 9.17) is 11.6 Å². The molecule has 3 aromatic rings. The number of nitrogens with zero attached hydrogens (tertiary/aromatic N) is 2. The van der Waals surface area contributed by atoms with E-state index in [1.807, 2.05) is 27.7 Å². The minimum Gasteiger partial charge on any atom is -0.350 e. The van der Waals surface area contributed by atoms with Crippen molar-refractivity contribution in [3.63, 3.8) is 0 Å². The van der Waals surface area contributed by atoms with Crippen LogP contribution in [-0.4, -0.2) is 43.3 Å². The zero-order valence-electron chi connectivity index (χ0n) is 22.6. The Bertz CT molecular complexity index is 1420. The van der Waals surface area contributed by atoms with Gasteiger partial charge in [0.2, 0.25) is 11.8 Å². The zero-order chi connectivity index (χ0) is 29.0. The molecule has 39 heavy (non-hydrogen) atoms. The molecule has 1 N–H and O–H groups in total. The Balaban J connectivity index is 2.03. The summed E-state index contributed by atoms with van der Waals surface area (Å²) in [5.74, 6) is -0.889. The molecule has 0 aliphatic heterocycles. The van der Waals surface area contributed by atoms with E-state index in [1.54, 1.807) is 67.6 Å². The minimum atomic E-state index is -4.12. The smallest absolute Gasteiger partial charge is 0.264 e. The molecule has 2 amide bonds. The fourth-order valence-electron chi connectivity index (χ4n) is 3.86. The van der Waals surface area contributed by atoms with Crippen molar-refractivity contribution in [3.8, 4) is 0 Å². The van der Waals surface area contributed by atoms with Crippen LogP contribution in [0, 0.1) is 6.92 Å². The Labute approximate surface area is 244 Å². The highest BCUT2D eigenvalue weighted by molar-refractivity contribution is 9.10. The molecule has 1 atom stereocenters. The molecule has 0 saturated carbocycles. The monoisotopic (exact) mass is 633 g/mol. The predicted octanol–water partition coefficient (Wildman–Crippen LogP) is 5.94. The van der Waals surface area contributed by atoms with E-state index < -0.39 is 34.1 Å². The fraction of sp³-hybridized carbons (Fsp3) is 0.310. The zero-order valence-corrected chi connectivity index (χ0v) is 25.8. The molecule has 3 aromatic carbocycles. The van der Waals surface area contributed by atoms with Gasteiger partial charge in [0.1, 0.15) is 12.6 Å². The second-order valence-corrected chi connectivity index (χ2v) is 13.6. The van der Waals surface area contributed by atoms with Crippen LogP contribution in [0.4, 0.5) is 5.69 Å². The largest absolute Gasteiger partial charge is 0.350 e. The Morgan fingerprint density at radius 1 is 1.00 bits per heavy atom. The van der Waals surface area contributed by atoms with Crippen molar-refractivity contribution in [3.05, 3.63) is 93.4 Å². The van der Waals surface area contributed by atoms with Crippen LogP contribution in [0.5, 0.6) is 0 Å². The van der Waals surface area contributed by atoms with E-state index in [2.05, 4.69) is 21.2 Å². The summed E-state index contributed by atoms with van der Waals surface area (Å²) >= 11 is 9.55. The molecule has 0 bridgehead atoms. The number of anilines is 1. The number of rotatable bonds is 9. The highest BCUT2D eigenvalue weighted by atomic mass is 79.9. The third kappa shape index (κ3) is 8.30. The lowest BCUT2D eigenvalue weighted by atomic mass is 10.1. The Kier molecular flexibility index (Phi) is 9.85. The standard InChI is InChI=1S/C29H33BrClN3O4S/c1-20-9-15-26(16-10-20)39(37,38)34(25-13-11-23(30)12-14-25)19-27(35)33(18-22-7-6-8-24(31)17-22)21(2)28(36)32-29(3,4)5/h6-17,21H,18-19H2,1-5H3,(H,32,36)/t21-/m1/s1. The summed E-state index contributed by atoms with van der Waals surface area (Å²) < 4.78 is 29.5. The van der Waals surface area contributed by atoms with Crippen molar-refractivity contribution in [2.45, 2.75) is 57.6 Å². The van der Waals surface area contributed by atoms with Gasteiger partial charge in [-0.3, -0.25) is 13.9 Å². The Morgan fingerprint density at radius 3 is 2.18 bits per heavy atom. The quantitative estimate of drug-likeness (QED) is 0.316. The van der Waals surface area contributed by atoms with Crippen LogP contribution in [-0.2, 0) is 26.2 Å². The Morgan fingerprint density at radius 2 is 1.62 bits per heavy atom. The molecule has 10 heteroatoms. The van der Waals surface area contributed by atoms with Crippen molar-refractivity contribution in [1.82, 2.24) is 10.2 Å². The summed E-state index contributed by atoms with van der Waals surface area (Å²) in [6, 6.07) is 19.2. The first-order chi connectivity index (χ1) is 18.2. The third-order valence-corrected chi connectivity index (χ3v) is 8.46. The van der Waals surface area contributed by atoms with Crippen LogP contribution >= 0.6 is 27.5 Å². The van der Waals surface area contributed by atoms with E-state index in [0.29, 0.717) is 16.3 Å². The maximum Gasteiger partial charge on any atom is 0.264 e. The molecule has 3 rings (SSSR count). The van der Waals surface area contributed by atoms with Gasteiger partial charge in [-0.25, -0.2) is 8.42 Å². The number of carbonyl (C=O) groups is 2. The van der Waals surface area contributed by atoms with Crippen LogP contribution in [0.25, 0.3) is 0 Å². The molecule has 0 heterocycles. The molecule has 0 radical (unpaired) electrons. The second kappa shape index (κ2) is 12.5. The van der Waals surface area contributed by atoms with E-state index in [1.165, 1.54) is 17.0 Å². The summed E-state index contributed by atoms with van der Waals surface area (Å²) in [4.78, 5) is 28.5. The summed E-state index contributed by atoms with van der Waals surface area (Å²) in [6.45, 7) is 8.60. The summed E-state index contributed by atoms with van der Waals surface area (Å²) in [5, 5.41) is 3.40. The van der Waals surface area contributed by atoms with E-state index in [9.17, 15) is 18.0 Å². The molecule has 208 valence electrons. The summed E-state index contributed by atoms with van der Waals surface area (Å²) in [6.07, 6.45) is 0. The van der Waals surface area contributed by atoms with Crippen molar-refractivity contribution < 1.29 is 18.0 Å². The first kappa shape index (κ1) is 30.7. The molecule has 0 unspecified atom stereocenters. The maximum absolute atomic E-state index is 13.9. The first-order valence-corrected chi connectivity index (χ1v) is 15.0. The molecule has 0 aliphatic rings. The summed E-state index contributed by atoms with van der Waals surface area (Å²) in [7, 11) is -4.12. The molecular formula is C29H33BrClN3O4S. The highest BCUT2D eigenvalue weighted by Gasteiger charge is 2.33. The molecular weight excluding hydrogens is 602 g/mol. The molecule has 0 aromatic heterocycles. The minimum absolute atomic E-state index is 0.0590. The number of aryl methyl sites for hydroxylation is 1. The topological polar surface area (TPSA) is 86.8 Å². The van der Waals surface area contributed by atoms with Gasteiger partial charge in [-0.15, -0.1) is 0 Å². The number of benzene rings is 3. The second-order valence-electron chi connectivity index (χ2n) is 10.4. The van der Waals surface area contributed by atoms with Gasteiger partial charge in [0.05, 0.1) is 10.6 Å². The lowest BCUT2D eigenvalue weighted by molar-refractivity contribution is -0.140. The van der Waals surface area contributed by atoms with Crippen LogP contribution in [0.15, 0.2) is 82.2 Å². The van der Waals surface area contributed by atoms with Crippen LogP contribution < -0.4 is 9.62 Å². The van der Waals surface area contributed by atoms with Crippen LogP contribution in [0.2, 0.25) is 5.02 Å². The molecule has 0 saturated heterocycles. The van der Waals surface area contributed by atoms with Gasteiger partial charge in [0.15, 0.2) is 0 Å². The highest BCUT2D eigenvalue weighted by Crippen LogP contribution is 2.26. The van der Waals surface area contributed by atoms with E-state index in [-0.39, 0.29) is 17.3 Å². The number of halogens is 2. The van der Waals surface area contributed by atoms with Crippen molar-refractivity contribution in [1.29, 1.82) is 0 Å². The van der Waals surface area contributed by atoms with E-state index in [0.717, 1.165) is 14.3 Å². The molecule has 0 fully saturated rings. The van der Waals surface area contributed by atoms with Gasteiger partial charge in [-0.2, -0.15) is 0 Å². The van der Waals surface area contributed by atoms with Gasteiger partial charge in [0.25, 0.3) is 10.0 Å². The number of nitrogens with one attached hydrogen (secondary N) is 1. The molecule has 0 spiro atoms. The fourth-order valence-corrected chi connectivity index (χ4v) is 5.75. The van der Waals surface area contributed by atoms with Crippen LogP contribution in [0.1, 0.15) is 38.8 Å². The van der Waals surface area contributed by atoms with Gasteiger partial charge in [-0.05, 0) is 88.7 Å². The molecule has 7 nitrogen and oxygen atoms in total. The van der Waals surface area contributed by atoms with Gasteiger partial charge in [0, 0.05) is 21.6 Å². The van der Waals surface area contributed by atoms with Crippen molar-refractivity contribution >= 4 is 55.1 Å². The first-order valence-electron chi connectivity index (χ1n) is 12.4. The van der Waals surface area contributed by atoms with Gasteiger partial charge < -0.3 is 10.2 Å². The lowest BCUT2D eigenvalue weighted by Gasteiger charge is -2.33. The Hall–Kier alpha value is -2.88. The van der Waals surface area contributed by atoms with Gasteiger partial charge in [-0.1, -0.05) is 57.4 Å². The predicted molar refractivity (Wildman–Crippen MR) is 159 cm³/mol. The lowest BCUT2D eigenvalue weighted by Crippen LogP contribution is -2.54. The number of amides is 2. The SMILES string of the molecule is Cc1ccc(S(=O)(=O)N(CC(=O)N(Cc2cccc(Cl)c2)[C@H](C)C(=O)NC(C)(C)C)c2ccc(Br)cc2)cc1. The van der Waals surface area contributed by atoms with Gasteiger partial charge >= 0.3 is 0 Å². The van der Waals surface area contributed by atoms with Crippen molar-refractivity contribution in [2.24, 2.45) is 0 Å². The third-order valence-electron chi connectivity index (χ3n) is 5.91. The average molecular weight is 635 g/mol. The molecule has 0 aliphatic carbocycles. The number of hydrogen-bond acceptors (Lipinski definition) is 4. The van der Waals surface area contributed by atoms with Crippen LogP contribution in [0.3, 0.4) is 0 Å². The normalized spacial score (nSPS) is 12.5. The summed E-state index contributed by atoms with van der Waals surface area (Å²) in [5.41, 5.74) is 1.42.